The molecule has 0 aliphatic heterocycles. The molecule has 1 amide bonds. The second-order valence-corrected chi connectivity index (χ2v) is 5.75. The number of hydrogen-bond acceptors (Lipinski definition) is 3. The van der Waals surface area contributed by atoms with Gasteiger partial charge in [0.25, 0.3) is 0 Å². The first-order chi connectivity index (χ1) is 7.69. The Morgan fingerprint density at radius 3 is 2.00 bits per heavy atom. The Labute approximate surface area is 105 Å². The summed E-state index contributed by atoms with van der Waals surface area (Å²) in [5.41, 5.74) is -0.581. The van der Waals surface area contributed by atoms with Gasteiger partial charge in [0.05, 0.1) is 12.6 Å². The van der Waals surface area contributed by atoms with Crippen LogP contribution in [0.2, 0.25) is 0 Å². The summed E-state index contributed by atoms with van der Waals surface area (Å²) in [6, 6.07) is -0.304. The summed E-state index contributed by atoms with van der Waals surface area (Å²) < 4.78 is 0. The maximum absolute atomic E-state index is 11.9. The van der Waals surface area contributed by atoms with Gasteiger partial charge >= 0.3 is 0 Å². The van der Waals surface area contributed by atoms with E-state index in [2.05, 4.69) is 10.6 Å². The van der Waals surface area contributed by atoms with Crippen molar-refractivity contribution in [3.63, 3.8) is 0 Å². The smallest absolute Gasteiger partial charge is 0.237 e. The number of hydrogen-bond donors (Lipinski definition) is 3. The average Bonchev–Trinajstić information content (AvgIpc) is 2.23. The van der Waals surface area contributed by atoms with Crippen LogP contribution in [0.4, 0.5) is 0 Å². The van der Waals surface area contributed by atoms with E-state index in [-0.39, 0.29) is 29.6 Å². The van der Waals surface area contributed by atoms with Crippen LogP contribution < -0.4 is 10.6 Å². The Morgan fingerprint density at radius 2 is 1.71 bits per heavy atom. The molecule has 1 atom stereocenters. The number of aliphatic hydroxyl groups is 1. The van der Waals surface area contributed by atoms with Gasteiger partial charge in [0, 0.05) is 11.1 Å². The molecule has 0 aromatic heterocycles. The van der Waals surface area contributed by atoms with Crippen molar-refractivity contribution < 1.29 is 9.90 Å². The predicted octanol–water partition coefficient (Wildman–Crippen LogP) is 1.43. The van der Waals surface area contributed by atoms with Crippen LogP contribution in [-0.4, -0.2) is 34.7 Å². The Bertz CT molecular complexity index is 234. The van der Waals surface area contributed by atoms with E-state index in [0.717, 1.165) is 12.8 Å². The van der Waals surface area contributed by atoms with E-state index < -0.39 is 0 Å². The lowest BCUT2D eigenvalue weighted by molar-refractivity contribution is -0.124. The summed E-state index contributed by atoms with van der Waals surface area (Å²) in [6.07, 6.45) is 1.60. The van der Waals surface area contributed by atoms with Gasteiger partial charge in [-0.05, 0) is 40.5 Å². The molecule has 0 aromatic carbocycles. The topological polar surface area (TPSA) is 61.4 Å². The van der Waals surface area contributed by atoms with Gasteiger partial charge in [0.2, 0.25) is 5.91 Å². The molecule has 0 rings (SSSR count). The van der Waals surface area contributed by atoms with Gasteiger partial charge in [0.1, 0.15) is 0 Å². The second kappa shape index (κ2) is 6.36. The highest BCUT2D eigenvalue weighted by atomic mass is 16.3. The highest BCUT2D eigenvalue weighted by Crippen LogP contribution is 2.15. The summed E-state index contributed by atoms with van der Waals surface area (Å²) in [5, 5.41) is 15.6. The number of rotatable bonds is 6. The fourth-order valence-electron chi connectivity index (χ4n) is 1.73. The normalized spacial score (nSPS) is 14.5. The molecule has 0 aromatic rings. The first kappa shape index (κ1) is 16.4. The lowest BCUT2D eigenvalue weighted by atomic mass is 9.92. The molecule has 4 heteroatoms. The van der Waals surface area contributed by atoms with E-state index in [9.17, 15) is 9.90 Å². The standard InChI is InChI=1S/C13H28N2O2/c1-7-13(8-2,9-16)14-10(3)11(17)15-12(4,5)6/h10,14,16H,7-9H2,1-6H3,(H,15,17). The third-order valence-corrected chi connectivity index (χ3v) is 3.07. The quantitative estimate of drug-likeness (QED) is 0.662. The molecule has 0 spiro atoms. The predicted molar refractivity (Wildman–Crippen MR) is 70.9 cm³/mol. The van der Waals surface area contributed by atoms with Crippen LogP contribution in [0.15, 0.2) is 0 Å². The summed E-state index contributed by atoms with van der Waals surface area (Å²) in [7, 11) is 0. The van der Waals surface area contributed by atoms with Crippen molar-refractivity contribution in [1.29, 1.82) is 0 Å². The van der Waals surface area contributed by atoms with Gasteiger partial charge in [-0.25, -0.2) is 0 Å². The molecule has 1 unspecified atom stereocenters. The average molecular weight is 244 g/mol. The summed E-state index contributed by atoms with van der Waals surface area (Å²) in [6.45, 7) is 11.8. The van der Waals surface area contributed by atoms with E-state index in [0.29, 0.717) is 0 Å². The Balaban J connectivity index is 4.51. The first-order valence-corrected chi connectivity index (χ1v) is 6.40. The van der Waals surface area contributed by atoms with Crippen molar-refractivity contribution in [2.24, 2.45) is 0 Å². The van der Waals surface area contributed by atoms with Crippen molar-refractivity contribution in [3.05, 3.63) is 0 Å². The van der Waals surface area contributed by atoms with Gasteiger partial charge in [-0.15, -0.1) is 0 Å². The maximum atomic E-state index is 11.9. The minimum atomic E-state index is -0.353. The maximum Gasteiger partial charge on any atom is 0.237 e. The molecule has 17 heavy (non-hydrogen) atoms. The zero-order chi connectivity index (χ0) is 13.7. The van der Waals surface area contributed by atoms with E-state index in [1.54, 1.807) is 0 Å². The van der Waals surface area contributed by atoms with Gasteiger partial charge < -0.3 is 10.4 Å². The minimum Gasteiger partial charge on any atom is -0.394 e. The van der Waals surface area contributed by atoms with Crippen LogP contribution in [-0.2, 0) is 4.79 Å². The molecule has 0 radical (unpaired) electrons. The summed E-state index contributed by atoms with van der Waals surface area (Å²) >= 11 is 0. The van der Waals surface area contributed by atoms with Gasteiger partial charge in [-0.2, -0.15) is 0 Å². The van der Waals surface area contributed by atoms with Crippen LogP contribution in [0.1, 0.15) is 54.4 Å². The van der Waals surface area contributed by atoms with Crippen LogP contribution in [0.5, 0.6) is 0 Å². The Kier molecular flexibility index (Phi) is 6.13. The lowest BCUT2D eigenvalue weighted by Gasteiger charge is -2.34. The minimum absolute atomic E-state index is 0.0303. The SMILES string of the molecule is CCC(CC)(CO)NC(C)C(=O)NC(C)(C)C. The zero-order valence-corrected chi connectivity index (χ0v) is 12.1. The zero-order valence-electron chi connectivity index (χ0n) is 12.1. The van der Waals surface area contributed by atoms with E-state index >= 15 is 0 Å². The van der Waals surface area contributed by atoms with Crippen LogP contribution >= 0.6 is 0 Å². The molecular formula is C13H28N2O2. The van der Waals surface area contributed by atoms with Crippen molar-refractivity contribution in [2.75, 3.05) is 6.61 Å². The first-order valence-electron chi connectivity index (χ1n) is 6.40. The molecule has 3 N–H and O–H groups in total. The molecule has 102 valence electrons. The number of nitrogens with one attached hydrogen (secondary N) is 2. The molecular weight excluding hydrogens is 216 g/mol. The van der Waals surface area contributed by atoms with Crippen molar-refractivity contribution >= 4 is 5.91 Å². The molecule has 0 bridgehead atoms. The largest absolute Gasteiger partial charge is 0.394 e. The van der Waals surface area contributed by atoms with E-state index in [1.165, 1.54) is 0 Å². The van der Waals surface area contributed by atoms with Crippen LogP contribution in [0, 0.1) is 0 Å². The van der Waals surface area contributed by atoms with Crippen molar-refractivity contribution in [1.82, 2.24) is 10.6 Å². The molecule has 0 saturated carbocycles. The third-order valence-electron chi connectivity index (χ3n) is 3.07. The number of aliphatic hydroxyl groups excluding tert-OH is 1. The molecule has 0 fully saturated rings. The van der Waals surface area contributed by atoms with Crippen molar-refractivity contribution in [2.45, 2.75) is 71.5 Å². The van der Waals surface area contributed by atoms with E-state index in [1.807, 2.05) is 41.5 Å². The van der Waals surface area contributed by atoms with Crippen LogP contribution in [0.3, 0.4) is 0 Å². The Hall–Kier alpha value is -0.610. The number of carbonyl (C=O) groups is 1. The second-order valence-electron chi connectivity index (χ2n) is 5.75. The molecule has 0 aliphatic carbocycles. The fraction of sp³-hybridized carbons (Fsp3) is 0.923. The lowest BCUT2D eigenvalue weighted by Crippen LogP contribution is -2.58. The van der Waals surface area contributed by atoms with Gasteiger partial charge in [0.15, 0.2) is 0 Å². The molecule has 4 nitrogen and oxygen atoms in total. The van der Waals surface area contributed by atoms with Crippen molar-refractivity contribution in [3.8, 4) is 0 Å². The summed E-state index contributed by atoms with van der Waals surface area (Å²) in [5.74, 6) is -0.0303. The van der Waals surface area contributed by atoms with E-state index in [4.69, 9.17) is 0 Å². The molecule has 0 saturated heterocycles. The molecule has 0 heterocycles. The van der Waals surface area contributed by atoms with Crippen LogP contribution in [0.25, 0.3) is 0 Å². The highest BCUT2D eigenvalue weighted by molar-refractivity contribution is 5.82. The fourth-order valence-corrected chi connectivity index (χ4v) is 1.73. The third kappa shape index (κ3) is 5.50. The number of amides is 1. The number of carbonyl (C=O) groups excluding carboxylic acids is 1. The Morgan fingerprint density at radius 1 is 1.24 bits per heavy atom. The van der Waals surface area contributed by atoms with Gasteiger partial charge in [-0.1, -0.05) is 13.8 Å². The summed E-state index contributed by atoms with van der Waals surface area (Å²) in [4.78, 5) is 11.9. The monoisotopic (exact) mass is 244 g/mol. The highest BCUT2D eigenvalue weighted by Gasteiger charge is 2.30. The molecule has 0 aliphatic rings. The van der Waals surface area contributed by atoms with Gasteiger partial charge in [-0.3, -0.25) is 10.1 Å².